The van der Waals surface area contributed by atoms with Crippen LogP contribution in [0.15, 0.2) is 60.8 Å². The number of carbonyl (C=O) groups excluding carboxylic acids is 1. The van der Waals surface area contributed by atoms with Crippen molar-refractivity contribution in [3.05, 3.63) is 77.6 Å². The molecule has 1 aliphatic heterocycles. The molecule has 0 saturated carbocycles. The summed E-state index contributed by atoms with van der Waals surface area (Å²) in [7, 11) is 4.19. The van der Waals surface area contributed by atoms with Gasteiger partial charge in [0.1, 0.15) is 0 Å². The fraction of sp³-hybridized carbons (Fsp3) is 0.333. The van der Waals surface area contributed by atoms with E-state index in [1.807, 2.05) is 35.2 Å². The standard InChI is InChI=1S/C20H25N3O.C4H4O4/c1-22(2)12-10-17-13-19-18(9-6-11-21-19)20(24)23(15-17)14-16-7-4-3-5-8-16;5-3(6)1-2-4(7)8/h3-9,11,17H,10,12-15H2,1-2H3;1-2H,(H,5,6)(H,7,8). The molecule has 0 aliphatic carbocycles. The molecule has 0 radical (unpaired) electrons. The zero-order valence-corrected chi connectivity index (χ0v) is 18.3. The molecule has 8 nitrogen and oxygen atoms in total. The number of hydrogen-bond acceptors (Lipinski definition) is 5. The SMILES string of the molecule is CN(C)CCC1Cc2ncccc2C(=O)N(Cc2ccccc2)C1.O=C(O)C=CC(=O)O. The summed E-state index contributed by atoms with van der Waals surface area (Å²) in [6.45, 7) is 2.48. The number of nitrogens with zero attached hydrogens (tertiary/aromatic N) is 3. The maximum Gasteiger partial charge on any atom is 0.328 e. The lowest BCUT2D eigenvalue weighted by Crippen LogP contribution is -2.34. The Kier molecular flexibility index (Phi) is 9.56. The molecular weight excluding hydrogens is 410 g/mol. The van der Waals surface area contributed by atoms with Crippen molar-refractivity contribution in [2.75, 3.05) is 27.2 Å². The Labute approximate surface area is 187 Å². The molecule has 2 heterocycles. The number of aliphatic carboxylic acids is 2. The number of carbonyl (C=O) groups is 3. The van der Waals surface area contributed by atoms with Crippen LogP contribution in [0.5, 0.6) is 0 Å². The number of aromatic nitrogens is 1. The molecule has 1 aliphatic rings. The third-order valence-electron chi connectivity index (χ3n) is 4.94. The van der Waals surface area contributed by atoms with E-state index >= 15 is 0 Å². The Bertz CT molecular complexity index is 928. The summed E-state index contributed by atoms with van der Waals surface area (Å²) >= 11 is 0. The summed E-state index contributed by atoms with van der Waals surface area (Å²) in [5, 5.41) is 15.6. The third-order valence-corrected chi connectivity index (χ3v) is 4.94. The fourth-order valence-corrected chi connectivity index (χ4v) is 3.42. The third kappa shape index (κ3) is 8.31. The molecule has 0 saturated heterocycles. The summed E-state index contributed by atoms with van der Waals surface area (Å²) in [5.41, 5.74) is 2.88. The maximum atomic E-state index is 13.0. The van der Waals surface area contributed by atoms with Crippen LogP contribution in [0, 0.1) is 5.92 Å². The quantitative estimate of drug-likeness (QED) is 0.638. The van der Waals surface area contributed by atoms with Gasteiger partial charge in [0.25, 0.3) is 5.91 Å². The van der Waals surface area contributed by atoms with Crippen LogP contribution in [-0.4, -0.2) is 70.0 Å². The van der Waals surface area contributed by atoms with E-state index in [1.54, 1.807) is 6.20 Å². The number of pyridine rings is 1. The lowest BCUT2D eigenvalue weighted by Gasteiger charge is -2.25. The Morgan fingerprint density at radius 2 is 1.75 bits per heavy atom. The van der Waals surface area contributed by atoms with Crippen LogP contribution in [-0.2, 0) is 22.6 Å². The second-order valence-corrected chi connectivity index (χ2v) is 7.84. The van der Waals surface area contributed by atoms with E-state index in [4.69, 9.17) is 10.2 Å². The van der Waals surface area contributed by atoms with Gasteiger partial charge >= 0.3 is 11.9 Å². The predicted octanol–water partition coefficient (Wildman–Crippen LogP) is 2.56. The average Bonchev–Trinajstić information content (AvgIpc) is 2.89. The van der Waals surface area contributed by atoms with Crippen molar-refractivity contribution in [2.24, 2.45) is 5.92 Å². The molecule has 0 fully saturated rings. The van der Waals surface area contributed by atoms with Gasteiger partial charge in [0.2, 0.25) is 0 Å². The van der Waals surface area contributed by atoms with E-state index in [9.17, 15) is 14.4 Å². The molecule has 1 amide bonds. The van der Waals surface area contributed by atoms with Crippen molar-refractivity contribution >= 4 is 17.8 Å². The van der Waals surface area contributed by atoms with Gasteiger partial charge in [-0.1, -0.05) is 30.3 Å². The first-order valence-electron chi connectivity index (χ1n) is 10.3. The van der Waals surface area contributed by atoms with Crippen molar-refractivity contribution < 1.29 is 24.6 Å². The first-order valence-corrected chi connectivity index (χ1v) is 10.3. The minimum Gasteiger partial charge on any atom is -0.478 e. The molecule has 1 atom stereocenters. The molecule has 1 aromatic carbocycles. The zero-order valence-electron chi connectivity index (χ0n) is 18.3. The van der Waals surface area contributed by atoms with Gasteiger partial charge in [-0.3, -0.25) is 9.78 Å². The van der Waals surface area contributed by atoms with Gasteiger partial charge in [0.05, 0.1) is 11.3 Å². The fourth-order valence-electron chi connectivity index (χ4n) is 3.42. The molecule has 8 heteroatoms. The summed E-state index contributed by atoms with van der Waals surface area (Å²) in [6, 6.07) is 14.0. The van der Waals surface area contributed by atoms with Gasteiger partial charge in [-0.2, -0.15) is 0 Å². The molecule has 0 spiro atoms. The number of carboxylic acid groups (broad SMARTS) is 2. The van der Waals surface area contributed by atoms with Crippen molar-refractivity contribution in [3.63, 3.8) is 0 Å². The smallest absolute Gasteiger partial charge is 0.328 e. The monoisotopic (exact) mass is 439 g/mol. The van der Waals surface area contributed by atoms with Crippen molar-refractivity contribution in [1.82, 2.24) is 14.8 Å². The first kappa shape index (κ1) is 24.7. The van der Waals surface area contributed by atoms with Crippen LogP contribution in [0.4, 0.5) is 0 Å². The number of carboxylic acids is 2. The van der Waals surface area contributed by atoms with Gasteiger partial charge < -0.3 is 20.0 Å². The van der Waals surface area contributed by atoms with Gasteiger partial charge in [-0.15, -0.1) is 0 Å². The largest absolute Gasteiger partial charge is 0.478 e. The summed E-state index contributed by atoms with van der Waals surface area (Å²) in [4.78, 5) is 40.8. The molecule has 32 heavy (non-hydrogen) atoms. The number of rotatable bonds is 7. The molecular formula is C24H29N3O5. The van der Waals surface area contributed by atoms with Crippen LogP contribution < -0.4 is 0 Å². The second kappa shape index (κ2) is 12.4. The van der Waals surface area contributed by atoms with Crippen LogP contribution in [0.2, 0.25) is 0 Å². The number of amides is 1. The number of benzene rings is 1. The number of fused-ring (bicyclic) bond motifs is 1. The summed E-state index contributed by atoms with van der Waals surface area (Å²) < 4.78 is 0. The molecule has 2 aromatic rings. The van der Waals surface area contributed by atoms with Crippen LogP contribution in [0.3, 0.4) is 0 Å². The lowest BCUT2D eigenvalue weighted by atomic mass is 9.98. The van der Waals surface area contributed by atoms with E-state index in [0.717, 1.165) is 37.2 Å². The minimum atomic E-state index is -1.26. The van der Waals surface area contributed by atoms with Crippen molar-refractivity contribution in [1.29, 1.82) is 0 Å². The average molecular weight is 440 g/mol. The van der Waals surface area contributed by atoms with Gasteiger partial charge in [0, 0.05) is 31.4 Å². The maximum absolute atomic E-state index is 13.0. The van der Waals surface area contributed by atoms with E-state index in [1.165, 1.54) is 5.56 Å². The molecule has 2 N–H and O–H groups in total. The van der Waals surface area contributed by atoms with Crippen LogP contribution >= 0.6 is 0 Å². The lowest BCUT2D eigenvalue weighted by molar-refractivity contribution is -0.134. The van der Waals surface area contributed by atoms with E-state index in [2.05, 4.69) is 36.1 Å². The molecule has 0 bridgehead atoms. The Balaban J connectivity index is 0.000000390. The second-order valence-electron chi connectivity index (χ2n) is 7.84. The van der Waals surface area contributed by atoms with Crippen molar-refractivity contribution in [2.45, 2.75) is 19.4 Å². The summed E-state index contributed by atoms with van der Waals surface area (Å²) in [5.74, 6) is -1.97. The molecule has 170 valence electrons. The van der Waals surface area contributed by atoms with Crippen molar-refractivity contribution in [3.8, 4) is 0 Å². The minimum absolute atomic E-state index is 0.106. The molecule has 3 rings (SSSR count). The molecule has 1 aromatic heterocycles. The van der Waals surface area contributed by atoms with E-state index in [0.29, 0.717) is 24.6 Å². The first-order chi connectivity index (χ1) is 15.3. The normalized spacial score (nSPS) is 15.7. The van der Waals surface area contributed by atoms with Crippen LogP contribution in [0.25, 0.3) is 0 Å². The highest BCUT2D eigenvalue weighted by Gasteiger charge is 2.28. The Hall–Kier alpha value is -3.52. The highest BCUT2D eigenvalue weighted by molar-refractivity contribution is 5.95. The highest BCUT2D eigenvalue weighted by atomic mass is 16.4. The zero-order chi connectivity index (χ0) is 23.5. The van der Waals surface area contributed by atoms with Gasteiger partial charge in [-0.25, -0.2) is 9.59 Å². The summed E-state index contributed by atoms with van der Waals surface area (Å²) in [6.07, 6.45) is 4.86. The van der Waals surface area contributed by atoms with Crippen LogP contribution in [0.1, 0.15) is 28.0 Å². The number of hydrogen-bond donors (Lipinski definition) is 2. The van der Waals surface area contributed by atoms with E-state index in [-0.39, 0.29) is 5.91 Å². The Morgan fingerprint density at radius 1 is 1.09 bits per heavy atom. The van der Waals surface area contributed by atoms with E-state index < -0.39 is 11.9 Å². The predicted molar refractivity (Wildman–Crippen MR) is 120 cm³/mol. The topological polar surface area (TPSA) is 111 Å². The Morgan fingerprint density at radius 3 is 2.34 bits per heavy atom. The highest BCUT2D eigenvalue weighted by Crippen LogP contribution is 2.24. The molecule has 1 unspecified atom stereocenters. The van der Waals surface area contributed by atoms with Gasteiger partial charge in [0.15, 0.2) is 0 Å². The van der Waals surface area contributed by atoms with Gasteiger partial charge in [-0.05, 0) is 57.1 Å².